The van der Waals surface area contributed by atoms with Crippen molar-refractivity contribution < 1.29 is 0 Å². The largest absolute Gasteiger partial charge is 0.261 e. The molecule has 1 aromatic carbocycles. The molecule has 0 radical (unpaired) electrons. The van der Waals surface area contributed by atoms with Gasteiger partial charge in [0.1, 0.15) is 0 Å². The van der Waals surface area contributed by atoms with E-state index in [1.165, 1.54) is 22.3 Å². The van der Waals surface area contributed by atoms with Gasteiger partial charge in [-0.05, 0) is 41.5 Å². The molecule has 0 bridgehead atoms. The van der Waals surface area contributed by atoms with Crippen LogP contribution in [0, 0.1) is 6.92 Å². The summed E-state index contributed by atoms with van der Waals surface area (Å²) in [6.45, 7) is 11.1. The van der Waals surface area contributed by atoms with Crippen molar-refractivity contribution in [3.8, 4) is 11.1 Å². The van der Waals surface area contributed by atoms with Gasteiger partial charge in [0.2, 0.25) is 0 Å². The first-order valence-corrected chi connectivity index (χ1v) is 7.06. The topological polar surface area (TPSA) is 12.9 Å². The van der Waals surface area contributed by atoms with Crippen LogP contribution in [0.25, 0.3) is 11.1 Å². The van der Waals surface area contributed by atoms with E-state index in [0.717, 1.165) is 5.69 Å². The summed E-state index contributed by atoms with van der Waals surface area (Å²) in [5.74, 6) is 1.10. The lowest BCUT2D eigenvalue weighted by molar-refractivity contribution is 0.834. The third-order valence-corrected chi connectivity index (χ3v) is 3.63. The number of benzene rings is 1. The number of aromatic nitrogens is 1. The summed E-state index contributed by atoms with van der Waals surface area (Å²) in [6, 6.07) is 11.1. The summed E-state index contributed by atoms with van der Waals surface area (Å²) < 4.78 is 0. The zero-order valence-corrected chi connectivity index (χ0v) is 12.6. The van der Waals surface area contributed by atoms with Crippen LogP contribution in [-0.2, 0) is 0 Å². The summed E-state index contributed by atoms with van der Waals surface area (Å²) in [4.78, 5) is 4.40. The molecule has 1 heteroatoms. The lowest BCUT2D eigenvalue weighted by Gasteiger charge is -2.15. The predicted octanol–water partition coefficient (Wildman–Crippen LogP) is 5.94. The van der Waals surface area contributed by atoms with Gasteiger partial charge in [0.25, 0.3) is 0 Å². The molecule has 0 aliphatic rings. The Morgan fingerprint density at radius 3 is 1.90 bits per heavy atom. The molecule has 0 N–H and O–H groups in total. The molecule has 1 aromatic heterocycles. The van der Waals surface area contributed by atoms with Crippen molar-refractivity contribution in [2.75, 3.05) is 0 Å². The van der Waals surface area contributed by atoms with Crippen LogP contribution in [0.15, 0.2) is 36.5 Å². The normalized spacial score (nSPS) is 10.8. The van der Waals surface area contributed by atoms with Gasteiger partial charge < -0.3 is 0 Å². The second-order valence-corrected chi connectivity index (χ2v) is 5.83. The highest BCUT2D eigenvalue weighted by molar-refractivity contribution is 5.67. The lowest BCUT2D eigenvalue weighted by Crippen LogP contribution is -1.96. The van der Waals surface area contributed by atoms with Crippen molar-refractivity contribution in [2.24, 2.45) is 0 Å². The van der Waals surface area contributed by atoms with E-state index in [4.69, 9.17) is 0 Å². The molecule has 2 rings (SSSR count). The predicted molar refractivity (Wildman–Crippen MR) is 89.3 cm³/mol. The molecule has 20 heavy (non-hydrogen) atoms. The lowest BCUT2D eigenvalue weighted by atomic mass is 9.90. The Labute approximate surface area is 124 Å². The van der Waals surface area contributed by atoms with Crippen molar-refractivity contribution in [3.05, 3.63) is 53.3 Å². The van der Waals surface area contributed by atoms with Gasteiger partial charge in [-0.15, -0.1) is 0 Å². The van der Waals surface area contributed by atoms with E-state index < -0.39 is 0 Å². The molecule has 0 spiro atoms. The zero-order valence-electron chi connectivity index (χ0n) is 12.6. The highest BCUT2D eigenvalue weighted by atomic mass is 14.7. The summed E-state index contributed by atoms with van der Waals surface area (Å²) in [6.07, 6.45) is 1.86. The monoisotopic (exact) mass is 269 g/mol. The zero-order chi connectivity index (χ0) is 14.0. The summed E-state index contributed by atoms with van der Waals surface area (Å²) in [5.41, 5.74) is 6.44. The summed E-state index contributed by atoms with van der Waals surface area (Å²) in [5, 5.41) is 0. The van der Waals surface area contributed by atoms with Crippen LogP contribution in [0.1, 0.15) is 63.8 Å². The van der Waals surface area contributed by atoms with Crippen LogP contribution in [0.2, 0.25) is 0 Å². The summed E-state index contributed by atoms with van der Waals surface area (Å²) in [7, 11) is 0. The number of hydrogen-bond donors (Lipinski definition) is 0. The SMILES string of the molecule is C.Cc1ncccc1-c1cc(C(C)C)cc(C(C)C)c1. The van der Waals surface area contributed by atoms with Crippen molar-refractivity contribution in [1.29, 1.82) is 0 Å². The molecule has 108 valence electrons. The Hall–Kier alpha value is -1.63. The number of rotatable bonds is 3. The minimum absolute atomic E-state index is 0. The van der Waals surface area contributed by atoms with Gasteiger partial charge >= 0.3 is 0 Å². The Kier molecular flexibility index (Phi) is 5.50. The first-order chi connectivity index (χ1) is 8.99. The van der Waals surface area contributed by atoms with Gasteiger partial charge in [0.15, 0.2) is 0 Å². The quantitative estimate of drug-likeness (QED) is 0.672. The molecule has 0 atom stereocenters. The molecule has 0 amide bonds. The first kappa shape index (κ1) is 16.4. The van der Waals surface area contributed by atoms with E-state index in [1.807, 2.05) is 12.3 Å². The maximum Gasteiger partial charge on any atom is 0.0450 e. The fourth-order valence-corrected chi connectivity index (χ4v) is 2.29. The Balaban J connectivity index is 0.00000200. The molecule has 0 unspecified atom stereocenters. The van der Waals surface area contributed by atoms with E-state index in [-0.39, 0.29) is 7.43 Å². The van der Waals surface area contributed by atoms with E-state index in [0.29, 0.717) is 11.8 Å². The van der Waals surface area contributed by atoms with Gasteiger partial charge in [-0.3, -0.25) is 4.98 Å². The van der Waals surface area contributed by atoms with E-state index in [9.17, 15) is 0 Å². The average Bonchev–Trinajstić information content (AvgIpc) is 2.38. The first-order valence-electron chi connectivity index (χ1n) is 7.06. The fourth-order valence-electron chi connectivity index (χ4n) is 2.29. The van der Waals surface area contributed by atoms with E-state index >= 15 is 0 Å². The third-order valence-electron chi connectivity index (χ3n) is 3.63. The molecule has 1 nitrogen and oxygen atoms in total. The molecular weight excluding hydrogens is 242 g/mol. The molecule has 0 aliphatic carbocycles. The highest BCUT2D eigenvalue weighted by Gasteiger charge is 2.10. The number of pyridine rings is 1. The number of hydrogen-bond acceptors (Lipinski definition) is 1. The minimum atomic E-state index is 0. The van der Waals surface area contributed by atoms with E-state index in [1.54, 1.807) is 0 Å². The van der Waals surface area contributed by atoms with Gasteiger partial charge in [0, 0.05) is 17.5 Å². The van der Waals surface area contributed by atoms with Crippen molar-refractivity contribution in [3.63, 3.8) is 0 Å². The minimum Gasteiger partial charge on any atom is -0.261 e. The van der Waals surface area contributed by atoms with Crippen LogP contribution >= 0.6 is 0 Å². The fraction of sp³-hybridized carbons (Fsp3) is 0.421. The standard InChI is InChI=1S/C18H23N.CH4/c1-12(2)15-9-16(13(3)4)11-17(10-15)18-7-6-8-19-14(18)5;/h6-13H,1-5H3;1H4. The number of nitrogens with zero attached hydrogens (tertiary/aromatic N) is 1. The molecule has 0 saturated heterocycles. The second kappa shape index (κ2) is 6.69. The number of aryl methyl sites for hydroxylation is 1. The van der Waals surface area contributed by atoms with Crippen molar-refractivity contribution in [2.45, 2.75) is 53.9 Å². The maximum atomic E-state index is 4.40. The molecule has 0 aliphatic heterocycles. The third kappa shape index (κ3) is 3.47. The van der Waals surface area contributed by atoms with Crippen LogP contribution in [-0.4, -0.2) is 4.98 Å². The van der Waals surface area contributed by atoms with Gasteiger partial charge in [-0.2, -0.15) is 0 Å². The maximum absolute atomic E-state index is 4.40. The van der Waals surface area contributed by atoms with Crippen LogP contribution < -0.4 is 0 Å². The Morgan fingerprint density at radius 1 is 0.900 bits per heavy atom. The van der Waals surface area contributed by atoms with Crippen molar-refractivity contribution >= 4 is 0 Å². The van der Waals surface area contributed by atoms with Gasteiger partial charge in [0.05, 0.1) is 0 Å². The second-order valence-electron chi connectivity index (χ2n) is 5.83. The van der Waals surface area contributed by atoms with Crippen LogP contribution in [0.5, 0.6) is 0 Å². The molecule has 0 saturated carbocycles. The van der Waals surface area contributed by atoms with Crippen LogP contribution in [0.4, 0.5) is 0 Å². The summed E-state index contributed by atoms with van der Waals surface area (Å²) >= 11 is 0. The highest BCUT2D eigenvalue weighted by Crippen LogP contribution is 2.30. The molecule has 2 aromatic rings. The van der Waals surface area contributed by atoms with Gasteiger partial charge in [-0.1, -0.05) is 59.4 Å². The smallest absolute Gasteiger partial charge is 0.0450 e. The van der Waals surface area contributed by atoms with Gasteiger partial charge in [-0.25, -0.2) is 0 Å². The average molecular weight is 269 g/mol. The van der Waals surface area contributed by atoms with Crippen LogP contribution in [0.3, 0.4) is 0 Å². The van der Waals surface area contributed by atoms with E-state index in [2.05, 4.69) is 63.9 Å². The molecule has 1 heterocycles. The molecule has 0 fully saturated rings. The Morgan fingerprint density at radius 2 is 1.45 bits per heavy atom. The van der Waals surface area contributed by atoms with Crippen molar-refractivity contribution in [1.82, 2.24) is 4.98 Å². The molecular formula is C19H27N. The Bertz CT molecular complexity index is 541.